The number of fused-ring (bicyclic) bond motifs is 1. The largest absolute Gasteiger partial charge is 0.342 e. The van der Waals surface area contributed by atoms with Crippen molar-refractivity contribution in [3.8, 4) is 0 Å². The highest BCUT2D eigenvalue weighted by molar-refractivity contribution is 7.90. The van der Waals surface area contributed by atoms with Gasteiger partial charge in [0.2, 0.25) is 5.91 Å². The maximum atomic E-state index is 13.2. The zero-order chi connectivity index (χ0) is 20.3. The molecule has 0 bridgehead atoms. The van der Waals surface area contributed by atoms with Crippen LogP contribution >= 0.6 is 0 Å². The second kappa shape index (κ2) is 8.19. The standard InChI is InChI=1S/C22H26N2O3S/c1-4-23(5-2)22(25)15-24-14-21(19-12-8-9-13-20(19)24)28(26,27)16-18-11-7-6-10-17(18)3/h6-14H,4-5,15-16H2,1-3H3. The number of likely N-dealkylation sites (N-methyl/N-ethyl adjacent to an activating group) is 1. The van der Waals surface area contributed by atoms with E-state index in [1.165, 1.54) is 0 Å². The molecular formula is C22H26N2O3S. The third kappa shape index (κ3) is 3.97. The molecule has 0 N–H and O–H groups in total. The van der Waals surface area contributed by atoms with Crippen molar-refractivity contribution in [3.63, 3.8) is 0 Å². The Labute approximate surface area is 166 Å². The molecule has 2 aromatic carbocycles. The Hall–Kier alpha value is -2.60. The molecule has 1 amide bonds. The van der Waals surface area contributed by atoms with E-state index in [9.17, 15) is 13.2 Å². The van der Waals surface area contributed by atoms with Crippen LogP contribution in [0.15, 0.2) is 59.6 Å². The number of carbonyl (C=O) groups excluding carboxylic acids is 1. The molecule has 0 aliphatic heterocycles. The first kappa shape index (κ1) is 20.1. The summed E-state index contributed by atoms with van der Waals surface area (Å²) in [6, 6.07) is 14.9. The third-order valence-electron chi connectivity index (χ3n) is 5.12. The molecule has 148 valence electrons. The molecule has 0 aliphatic carbocycles. The van der Waals surface area contributed by atoms with Crippen molar-refractivity contribution < 1.29 is 13.2 Å². The SMILES string of the molecule is CCN(CC)C(=O)Cn1cc(S(=O)(=O)Cc2ccccc2C)c2ccccc21. The summed E-state index contributed by atoms with van der Waals surface area (Å²) in [5.74, 6) is -0.0777. The highest BCUT2D eigenvalue weighted by Crippen LogP contribution is 2.28. The molecule has 0 radical (unpaired) electrons. The zero-order valence-corrected chi connectivity index (χ0v) is 17.4. The van der Waals surface area contributed by atoms with Crippen LogP contribution in [0.3, 0.4) is 0 Å². The lowest BCUT2D eigenvalue weighted by Gasteiger charge is -2.19. The van der Waals surface area contributed by atoms with Crippen LogP contribution in [-0.4, -0.2) is 36.9 Å². The highest BCUT2D eigenvalue weighted by atomic mass is 32.2. The van der Waals surface area contributed by atoms with Gasteiger partial charge >= 0.3 is 0 Å². The van der Waals surface area contributed by atoms with Gasteiger partial charge in [-0.1, -0.05) is 42.5 Å². The van der Waals surface area contributed by atoms with Crippen molar-refractivity contribution in [1.29, 1.82) is 0 Å². The van der Waals surface area contributed by atoms with Gasteiger partial charge in [-0.2, -0.15) is 0 Å². The molecule has 28 heavy (non-hydrogen) atoms. The molecule has 0 aliphatic rings. The summed E-state index contributed by atoms with van der Waals surface area (Å²) in [4.78, 5) is 14.6. The van der Waals surface area contributed by atoms with E-state index < -0.39 is 9.84 Å². The van der Waals surface area contributed by atoms with E-state index in [1.54, 1.807) is 21.7 Å². The van der Waals surface area contributed by atoms with Crippen molar-refractivity contribution >= 4 is 26.6 Å². The molecule has 6 heteroatoms. The number of para-hydroxylation sites is 1. The summed E-state index contributed by atoms with van der Waals surface area (Å²) >= 11 is 0. The molecule has 3 aromatic rings. The van der Waals surface area contributed by atoms with Gasteiger partial charge in [0.05, 0.1) is 10.6 Å². The Morgan fingerprint density at radius 1 is 1.00 bits per heavy atom. The van der Waals surface area contributed by atoms with Crippen molar-refractivity contribution in [3.05, 3.63) is 65.9 Å². The van der Waals surface area contributed by atoms with Crippen LogP contribution in [0.4, 0.5) is 0 Å². The number of hydrogen-bond donors (Lipinski definition) is 0. The minimum Gasteiger partial charge on any atom is -0.342 e. The van der Waals surface area contributed by atoms with E-state index in [2.05, 4.69) is 0 Å². The average molecular weight is 399 g/mol. The molecule has 3 rings (SSSR count). The van der Waals surface area contributed by atoms with Crippen LogP contribution in [0.2, 0.25) is 0 Å². The average Bonchev–Trinajstić information content (AvgIpc) is 3.04. The van der Waals surface area contributed by atoms with Gasteiger partial charge in [-0.05, 0) is 38.0 Å². The van der Waals surface area contributed by atoms with Crippen LogP contribution in [0.1, 0.15) is 25.0 Å². The van der Waals surface area contributed by atoms with E-state index in [-0.39, 0.29) is 23.1 Å². The van der Waals surface area contributed by atoms with Crippen molar-refractivity contribution in [1.82, 2.24) is 9.47 Å². The van der Waals surface area contributed by atoms with Gasteiger partial charge in [-0.3, -0.25) is 4.79 Å². The van der Waals surface area contributed by atoms with E-state index in [1.807, 2.05) is 63.2 Å². The van der Waals surface area contributed by atoms with Crippen LogP contribution in [-0.2, 0) is 26.9 Å². The number of aromatic nitrogens is 1. The maximum absolute atomic E-state index is 13.2. The number of aryl methyl sites for hydroxylation is 1. The van der Waals surface area contributed by atoms with Gasteiger partial charge in [0.25, 0.3) is 0 Å². The van der Waals surface area contributed by atoms with E-state index in [4.69, 9.17) is 0 Å². The molecule has 1 heterocycles. The predicted molar refractivity (Wildman–Crippen MR) is 112 cm³/mol. The topological polar surface area (TPSA) is 59.4 Å². The fourth-order valence-corrected chi connectivity index (χ4v) is 5.15. The molecule has 1 aromatic heterocycles. The summed E-state index contributed by atoms with van der Waals surface area (Å²) in [5.41, 5.74) is 2.50. The summed E-state index contributed by atoms with van der Waals surface area (Å²) in [7, 11) is -3.55. The maximum Gasteiger partial charge on any atom is 0.242 e. The van der Waals surface area contributed by atoms with Gasteiger partial charge in [0.15, 0.2) is 9.84 Å². The number of sulfone groups is 1. The second-order valence-corrected chi connectivity index (χ2v) is 8.85. The monoisotopic (exact) mass is 398 g/mol. The molecule has 5 nitrogen and oxygen atoms in total. The Morgan fingerprint density at radius 2 is 1.64 bits per heavy atom. The Bertz CT molecular complexity index is 1100. The summed E-state index contributed by atoms with van der Waals surface area (Å²) < 4.78 is 28.2. The lowest BCUT2D eigenvalue weighted by molar-refractivity contribution is -0.131. The Balaban J connectivity index is 2.02. The minimum atomic E-state index is -3.55. The number of rotatable bonds is 7. The fraction of sp³-hybridized carbons (Fsp3) is 0.318. The molecular weight excluding hydrogens is 372 g/mol. The lowest BCUT2D eigenvalue weighted by atomic mass is 10.1. The number of carbonyl (C=O) groups is 1. The summed E-state index contributed by atoms with van der Waals surface area (Å²) in [6.07, 6.45) is 1.61. The fourth-order valence-electron chi connectivity index (χ4n) is 3.47. The van der Waals surface area contributed by atoms with Gasteiger partial charge in [0.1, 0.15) is 6.54 Å². The van der Waals surface area contributed by atoms with Gasteiger partial charge in [-0.25, -0.2) is 8.42 Å². The number of benzene rings is 2. The first-order valence-electron chi connectivity index (χ1n) is 9.50. The number of amides is 1. The van der Waals surface area contributed by atoms with Gasteiger partial charge in [0, 0.05) is 30.2 Å². The second-order valence-electron chi connectivity index (χ2n) is 6.89. The van der Waals surface area contributed by atoms with Gasteiger partial charge < -0.3 is 9.47 Å². The molecule has 0 saturated heterocycles. The quantitative estimate of drug-likeness (QED) is 0.608. The first-order chi connectivity index (χ1) is 13.4. The molecule has 0 spiro atoms. The Morgan fingerprint density at radius 3 is 2.32 bits per heavy atom. The lowest BCUT2D eigenvalue weighted by Crippen LogP contribution is -2.33. The van der Waals surface area contributed by atoms with Crippen molar-refractivity contribution in [2.45, 2.75) is 38.0 Å². The highest BCUT2D eigenvalue weighted by Gasteiger charge is 2.23. The molecule has 0 unspecified atom stereocenters. The molecule has 0 atom stereocenters. The number of hydrogen-bond acceptors (Lipinski definition) is 3. The molecule has 0 saturated carbocycles. The van der Waals surface area contributed by atoms with Crippen molar-refractivity contribution in [2.75, 3.05) is 13.1 Å². The van der Waals surface area contributed by atoms with E-state index in [0.717, 1.165) is 16.6 Å². The number of nitrogens with zero attached hydrogens (tertiary/aromatic N) is 2. The van der Waals surface area contributed by atoms with Crippen molar-refractivity contribution in [2.24, 2.45) is 0 Å². The van der Waals surface area contributed by atoms with Crippen LogP contribution in [0, 0.1) is 6.92 Å². The van der Waals surface area contributed by atoms with E-state index >= 15 is 0 Å². The van der Waals surface area contributed by atoms with Gasteiger partial charge in [-0.15, -0.1) is 0 Å². The van der Waals surface area contributed by atoms with Crippen LogP contribution in [0.5, 0.6) is 0 Å². The van der Waals surface area contributed by atoms with Crippen LogP contribution < -0.4 is 0 Å². The van der Waals surface area contributed by atoms with Crippen LogP contribution in [0.25, 0.3) is 10.9 Å². The zero-order valence-electron chi connectivity index (χ0n) is 16.6. The van der Waals surface area contributed by atoms with E-state index in [0.29, 0.717) is 18.5 Å². The predicted octanol–water partition coefficient (Wildman–Crippen LogP) is 3.79. The third-order valence-corrected chi connectivity index (χ3v) is 6.80. The smallest absolute Gasteiger partial charge is 0.242 e. The summed E-state index contributed by atoms with van der Waals surface area (Å²) in [5, 5.41) is 0.656. The molecule has 0 fully saturated rings. The Kier molecular flexibility index (Phi) is 5.89. The normalized spacial score (nSPS) is 11.7. The minimum absolute atomic E-state index is 0.0198. The summed E-state index contributed by atoms with van der Waals surface area (Å²) in [6.45, 7) is 7.18. The first-order valence-corrected chi connectivity index (χ1v) is 11.2.